The molecule has 0 fully saturated rings. The average molecular weight is 460 g/mol. The molecule has 0 unspecified atom stereocenters. The van der Waals surface area contributed by atoms with E-state index in [2.05, 4.69) is 6.08 Å². The van der Waals surface area contributed by atoms with Crippen LogP contribution in [-0.2, 0) is 4.79 Å². The van der Waals surface area contributed by atoms with Crippen molar-refractivity contribution in [3.8, 4) is 5.75 Å². The first-order chi connectivity index (χ1) is 14.4. The monoisotopic (exact) mass is 459 g/mol. The van der Waals surface area contributed by atoms with Crippen LogP contribution < -0.4 is 10.5 Å². The minimum atomic E-state index is -1.05. The number of aliphatic carboxylic acids is 1. The average Bonchev–Trinajstić information content (AvgIpc) is 2.72. The van der Waals surface area contributed by atoms with Gasteiger partial charge in [0, 0.05) is 20.7 Å². The molecule has 7 heteroatoms. The van der Waals surface area contributed by atoms with Gasteiger partial charge in [-0.25, -0.2) is 4.79 Å². The highest BCUT2D eigenvalue weighted by molar-refractivity contribution is 7.99. The Morgan fingerprint density at radius 1 is 0.967 bits per heavy atom. The number of carboxylic acid groups (broad SMARTS) is 1. The van der Waals surface area contributed by atoms with Crippen LogP contribution in [0.3, 0.4) is 0 Å². The summed E-state index contributed by atoms with van der Waals surface area (Å²) in [6.07, 6.45) is 2.14. The van der Waals surface area contributed by atoms with E-state index < -0.39 is 12.6 Å². The predicted molar refractivity (Wildman–Crippen MR) is 125 cm³/mol. The molecule has 30 heavy (non-hydrogen) atoms. The summed E-state index contributed by atoms with van der Waals surface area (Å²) in [6, 6.07) is 20.7. The van der Waals surface area contributed by atoms with Crippen LogP contribution in [0.1, 0.15) is 11.1 Å². The molecule has 0 spiro atoms. The third kappa shape index (κ3) is 6.20. The molecule has 0 saturated carbocycles. The van der Waals surface area contributed by atoms with E-state index in [4.69, 9.17) is 38.8 Å². The standard InChI is InChI=1S/C23H19Cl2NO3S/c24-17-5-1-15(2-6-17)20(16-3-7-18(25)8-4-16)11-12-30-19-9-10-22(21(26)13-19)29-14-23(27)28/h1-11,13H,12,14,26H2,(H,27,28). The van der Waals surface area contributed by atoms with E-state index in [0.717, 1.165) is 21.6 Å². The lowest BCUT2D eigenvalue weighted by molar-refractivity contribution is -0.139. The number of ether oxygens (including phenoxy) is 1. The lowest BCUT2D eigenvalue weighted by Gasteiger charge is -2.10. The Kier molecular flexibility index (Phi) is 7.69. The predicted octanol–water partition coefficient (Wildman–Crippen LogP) is 6.26. The van der Waals surface area contributed by atoms with Crippen molar-refractivity contribution in [3.05, 3.63) is 94.0 Å². The van der Waals surface area contributed by atoms with Crippen molar-refractivity contribution in [1.82, 2.24) is 0 Å². The number of hydrogen-bond donors (Lipinski definition) is 2. The van der Waals surface area contributed by atoms with Crippen LogP contribution in [0, 0.1) is 0 Å². The van der Waals surface area contributed by atoms with E-state index in [1.807, 2.05) is 54.6 Å². The van der Waals surface area contributed by atoms with E-state index in [-0.39, 0.29) is 0 Å². The van der Waals surface area contributed by atoms with Crippen LogP contribution in [-0.4, -0.2) is 23.4 Å². The summed E-state index contributed by atoms with van der Waals surface area (Å²) in [7, 11) is 0. The van der Waals surface area contributed by atoms with Crippen molar-refractivity contribution >= 4 is 52.2 Å². The molecule has 0 aliphatic heterocycles. The molecule has 3 aromatic rings. The highest BCUT2D eigenvalue weighted by atomic mass is 35.5. The van der Waals surface area contributed by atoms with Crippen LogP contribution in [0.2, 0.25) is 10.0 Å². The summed E-state index contributed by atoms with van der Waals surface area (Å²) >= 11 is 13.7. The maximum atomic E-state index is 10.6. The Morgan fingerprint density at radius 2 is 1.53 bits per heavy atom. The van der Waals surface area contributed by atoms with E-state index in [1.54, 1.807) is 23.9 Å². The van der Waals surface area contributed by atoms with Gasteiger partial charge in [-0.3, -0.25) is 0 Å². The Hall–Kier alpha value is -2.60. The second-order valence-corrected chi connectivity index (χ2v) is 8.29. The quantitative estimate of drug-likeness (QED) is 0.307. The topological polar surface area (TPSA) is 72.5 Å². The molecule has 0 atom stereocenters. The maximum absolute atomic E-state index is 10.6. The smallest absolute Gasteiger partial charge is 0.341 e. The molecule has 3 N–H and O–H groups in total. The number of nitrogen functional groups attached to an aromatic ring is 1. The van der Waals surface area contributed by atoms with E-state index in [9.17, 15) is 4.79 Å². The molecule has 3 rings (SSSR count). The van der Waals surface area contributed by atoms with Gasteiger partial charge in [-0.1, -0.05) is 53.5 Å². The van der Waals surface area contributed by atoms with E-state index >= 15 is 0 Å². The van der Waals surface area contributed by atoms with Crippen LogP contribution >= 0.6 is 35.0 Å². The van der Waals surface area contributed by atoms with Crippen molar-refractivity contribution in [3.63, 3.8) is 0 Å². The summed E-state index contributed by atoms with van der Waals surface area (Å²) in [6.45, 7) is -0.426. The maximum Gasteiger partial charge on any atom is 0.341 e. The van der Waals surface area contributed by atoms with Gasteiger partial charge in [0.2, 0.25) is 0 Å². The number of anilines is 1. The molecule has 0 heterocycles. The van der Waals surface area contributed by atoms with Crippen LogP contribution in [0.15, 0.2) is 77.7 Å². The number of hydrogen-bond acceptors (Lipinski definition) is 4. The first kappa shape index (κ1) is 22.1. The van der Waals surface area contributed by atoms with Gasteiger partial charge in [-0.05, 0) is 59.2 Å². The molecule has 0 amide bonds. The largest absolute Gasteiger partial charge is 0.480 e. The van der Waals surface area contributed by atoms with Crippen LogP contribution in [0.25, 0.3) is 5.57 Å². The van der Waals surface area contributed by atoms with Gasteiger partial charge in [-0.2, -0.15) is 0 Å². The molecule has 0 aliphatic rings. The first-order valence-corrected chi connectivity index (χ1v) is 10.8. The highest BCUT2D eigenvalue weighted by Gasteiger charge is 2.07. The summed E-state index contributed by atoms with van der Waals surface area (Å²) in [5.74, 6) is 0.0188. The van der Waals surface area contributed by atoms with Crippen LogP contribution in [0.4, 0.5) is 5.69 Å². The third-order valence-corrected chi connectivity index (χ3v) is 5.60. The van der Waals surface area contributed by atoms with Crippen LogP contribution in [0.5, 0.6) is 5.75 Å². The second kappa shape index (κ2) is 10.4. The summed E-state index contributed by atoms with van der Waals surface area (Å²) < 4.78 is 5.16. The molecular weight excluding hydrogens is 441 g/mol. The van der Waals surface area contributed by atoms with Gasteiger partial charge in [0.05, 0.1) is 5.69 Å². The molecule has 154 valence electrons. The zero-order valence-corrected chi connectivity index (χ0v) is 18.2. The molecule has 3 aromatic carbocycles. The van der Waals surface area contributed by atoms with Crippen molar-refractivity contribution in [2.45, 2.75) is 4.90 Å². The molecule has 0 bridgehead atoms. The minimum Gasteiger partial charge on any atom is -0.480 e. The number of thioether (sulfide) groups is 1. The first-order valence-electron chi connectivity index (χ1n) is 9.01. The number of halogens is 2. The fourth-order valence-electron chi connectivity index (χ4n) is 2.77. The minimum absolute atomic E-state index is 0.361. The van der Waals surface area contributed by atoms with Gasteiger partial charge in [0.25, 0.3) is 0 Å². The number of carbonyl (C=O) groups is 1. The molecule has 0 radical (unpaired) electrons. The zero-order chi connectivity index (χ0) is 21.5. The van der Waals surface area contributed by atoms with Gasteiger partial charge in [0.1, 0.15) is 5.75 Å². The fourth-order valence-corrected chi connectivity index (χ4v) is 3.84. The van der Waals surface area contributed by atoms with Crippen molar-refractivity contribution in [1.29, 1.82) is 0 Å². The normalized spacial score (nSPS) is 10.5. The molecule has 0 aromatic heterocycles. The summed E-state index contributed by atoms with van der Waals surface area (Å²) in [4.78, 5) is 11.6. The van der Waals surface area contributed by atoms with Crippen molar-refractivity contribution in [2.75, 3.05) is 18.1 Å². The zero-order valence-electron chi connectivity index (χ0n) is 15.8. The number of benzene rings is 3. The van der Waals surface area contributed by atoms with E-state index in [1.165, 1.54) is 0 Å². The van der Waals surface area contributed by atoms with Crippen molar-refractivity contribution in [2.24, 2.45) is 0 Å². The van der Waals surface area contributed by atoms with Gasteiger partial charge in [-0.15, -0.1) is 11.8 Å². The Labute approximate surface area is 189 Å². The van der Waals surface area contributed by atoms with Gasteiger partial charge in [0.15, 0.2) is 6.61 Å². The molecular formula is C23H19Cl2NO3S. The summed E-state index contributed by atoms with van der Waals surface area (Å²) in [5, 5.41) is 10.1. The summed E-state index contributed by atoms with van der Waals surface area (Å²) in [5.41, 5.74) is 9.57. The van der Waals surface area contributed by atoms with Crippen molar-refractivity contribution < 1.29 is 14.6 Å². The lowest BCUT2D eigenvalue weighted by atomic mass is 9.98. The molecule has 0 aliphatic carbocycles. The Bertz CT molecular complexity index is 1000. The lowest BCUT2D eigenvalue weighted by Crippen LogP contribution is -2.10. The molecule has 0 saturated heterocycles. The molecule has 4 nitrogen and oxygen atoms in total. The van der Waals surface area contributed by atoms with E-state index in [0.29, 0.717) is 27.2 Å². The highest BCUT2D eigenvalue weighted by Crippen LogP contribution is 2.30. The Morgan fingerprint density at radius 3 is 2.03 bits per heavy atom. The SMILES string of the molecule is Nc1cc(SCC=C(c2ccc(Cl)cc2)c2ccc(Cl)cc2)ccc1OCC(=O)O. The number of rotatable bonds is 8. The third-order valence-electron chi connectivity index (χ3n) is 4.18. The fraction of sp³-hybridized carbons (Fsp3) is 0.0870. The van der Waals surface area contributed by atoms with Gasteiger partial charge < -0.3 is 15.6 Å². The van der Waals surface area contributed by atoms with Gasteiger partial charge >= 0.3 is 5.97 Å². The Balaban J connectivity index is 1.77. The number of carboxylic acids is 1. The number of nitrogens with two attached hydrogens (primary N) is 1. The second-order valence-electron chi connectivity index (χ2n) is 6.32.